The second-order valence-corrected chi connectivity index (χ2v) is 27.8. The highest BCUT2D eigenvalue weighted by molar-refractivity contribution is 8.07. The van der Waals surface area contributed by atoms with Gasteiger partial charge in [-0.05, 0) is 66.5 Å². The summed E-state index contributed by atoms with van der Waals surface area (Å²) in [7, 11) is 1.44. The number of carbonyl (C=O) groups is 8. The average molecular weight is 1380 g/mol. The van der Waals surface area contributed by atoms with Gasteiger partial charge in [0.15, 0.2) is 53.4 Å². The van der Waals surface area contributed by atoms with Gasteiger partial charge in [-0.25, -0.2) is 43.9 Å². The van der Waals surface area contributed by atoms with E-state index in [-0.39, 0.29) is 105 Å². The number of carbonyl (C=O) groups excluding carboxylic acids is 7. The van der Waals surface area contributed by atoms with Crippen molar-refractivity contribution in [2.24, 2.45) is 23.5 Å². The van der Waals surface area contributed by atoms with E-state index in [1.807, 2.05) is 0 Å². The van der Waals surface area contributed by atoms with E-state index in [0.717, 1.165) is 12.7 Å². The molecule has 93 heavy (non-hydrogen) atoms. The number of rotatable bonds is 26. The number of carboxylic acids is 1. The maximum Gasteiger partial charge on any atom is 0.409 e. The number of nitrogens with two attached hydrogens (primary N) is 3. The van der Waals surface area contributed by atoms with Crippen molar-refractivity contribution < 1.29 is 94.7 Å². The van der Waals surface area contributed by atoms with Crippen LogP contribution in [0.2, 0.25) is 0 Å². The number of anilines is 3. The van der Waals surface area contributed by atoms with Crippen LogP contribution in [0.4, 0.5) is 31.3 Å². The number of carboxylic acid groups (broad SMARTS) is 1. The summed E-state index contributed by atoms with van der Waals surface area (Å²) in [6, 6.07) is 4.51. The van der Waals surface area contributed by atoms with Crippen molar-refractivity contribution in [2.45, 2.75) is 128 Å². The van der Waals surface area contributed by atoms with Crippen LogP contribution in [0.5, 0.6) is 0 Å². The van der Waals surface area contributed by atoms with Crippen LogP contribution in [-0.4, -0.2) is 189 Å². The first kappa shape index (κ1) is 71.2. The largest absolute Gasteiger partial charge is 0.481 e. The predicted octanol–water partition coefficient (Wildman–Crippen LogP) is 1.90. The number of imidazole rings is 2. The number of aromatic nitrogens is 8. The molecule has 35 nitrogen and oxygen atoms in total. The van der Waals surface area contributed by atoms with Gasteiger partial charge in [-0.15, -0.1) is 0 Å². The molecule has 0 spiro atoms. The van der Waals surface area contributed by atoms with Gasteiger partial charge in [-0.2, -0.15) is 0 Å². The van der Waals surface area contributed by atoms with Crippen LogP contribution < -0.4 is 38.5 Å². The van der Waals surface area contributed by atoms with Crippen molar-refractivity contribution >= 4 is 124 Å². The molecule has 7 heterocycles. The lowest BCUT2D eigenvalue weighted by molar-refractivity contribution is -0.158. The van der Waals surface area contributed by atoms with Gasteiger partial charge in [-0.1, -0.05) is 32.9 Å². The Hall–Kier alpha value is -7.61. The highest BCUT2D eigenvalue weighted by atomic mass is 32.5. The quantitative estimate of drug-likeness (QED) is 0.0215. The normalized spacial score (nSPS) is 24.9. The number of hydrogen-bond donors (Lipinski definition) is 10. The lowest BCUT2D eigenvalue weighted by atomic mass is 9.89. The molecule has 0 aliphatic carbocycles. The van der Waals surface area contributed by atoms with Crippen LogP contribution in [0, 0.1) is 17.8 Å². The molecule has 3 saturated heterocycles. The Morgan fingerprint density at radius 3 is 1.98 bits per heavy atom. The number of amides is 6. The van der Waals surface area contributed by atoms with Crippen molar-refractivity contribution in [1.29, 1.82) is 0 Å². The first-order chi connectivity index (χ1) is 44.1. The minimum atomic E-state index is -4.47. The molecule has 3 unspecified atom stereocenters. The first-order valence-corrected chi connectivity index (χ1v) is 34.2. The van der Waals surface area contributed by atoms with Crippen LogP contribution in [-0.2, 0) is 96.0 Å². The van der Waals surface area contributed by atoms with Gasteiger partial charge in [0, 0.05) is 63.5 Å². The highest BCUT2D eigenvalue weighted by Gasteiger charge is 2.55. The summed E-state index contributed by atoms with van der Waals surface area (Å²) in [6.07, 6.45) is -9.31. The number of nitrogen functional groups attached to an aromatic ring is 2. The third-order valence-electron chi connectivity index (χ3n) is 15.0. The molecule has 506 valence electrons. The number of fused-ring (bicyclic) bond motifs is 4. The minimum absolute atomic E-state index is 0.00495. The lowest BCUT2D eigenvalue weighted by Crippen LogP contribution is -2.46. The lowest BCUT2D eigenvalue weighted by Gasteiger charge is -2.31. The van der Waals surface area contributed by atoms with Gasteiger partial charge in [-0.3, -0.25) is 46.9 Å². The number of halogens is 1. The third kappa shape index (κ3) is 18.8. The SMILES string of the molecule is CC(CC(=O)O)C(=O)NCCC(=O)N[C@H](C(=O)C[C@@H](CCCNC(N)=O)C(=O)Nc1ccc(COC(=O)N(C)CCCC(=O)O[C@@H]2[C@@H]3OP(O)(=S)OC[C@H]4O[C@@H](n5cnc6c(N)ncnc65)[C@H](F)[C@@H]4OP(O)(=S)OC[C@H]3O[C@H]2n2cnc3c(N)ncnc32)cc1)C(C)C. The molecule has 5 aromatic rings. The fourth-order valence-electron chi connectivity index (χ4n) is 10.2. The Kier molecular flexibility index (Phi) is 24.2. The van der Waals surface area contributed by atoms with Gasteiger partial charge >= 0.3 is 37.5 Å². The van der Waals surface area contributed by atoms with Crippen molar-refractivity contribution in [3.05, 3.63) is 55.1 Å². The molecule has 4 aromatic heterocycles. The first-order valence-electron chi connectivity index (χ1n) is 29.0. The fraction of sp³-hybridized carbons (Fsp3) is 0.547. The number of aliphatic carboxylic acids is 1. The topological polar surface area (TPSA) is 488 Å². The van der Waals surface area contributed by atoms with Crippen LogP contribution in [0.25, 0.3) is 22.3 Å². The average Bonchev–Trinajstić information content (AvgIpc) is 1.62. The van der Waals surface area contributed by atoms with E-state index < -0.39 is 147 Å². The molecule has 0 saturated carbocycles. The smallest absolute Gasteiger partial charge is 0.409 e. The van der Waals surface area contributed by atoms with Gasteiger partial charge in [0.2, 0.25) is 17.7 Å². The molecule has 13 N–H and O–H groups in total. The number of hydrogen-bond acceptors (Lipinski definition) is 26. The summed E-state index contributed by atoms with van der Waals surface area (Å²) in [4.78, 5) is 151. The number of nitrogens with zero attached hydrogens (tertiary/aromatic N) is 9. The number of esters is 1. The van der Waals surface area contributed by atoms with E-state index >= 15 is 4.39 Å². The summed E-state index contributed by atoms with van der Waals surface area (Å²) >= 11 is 10.8. The standard InChI is InChI=1S/C53H71FN16O19P2S2/c1-26(2)38(67-34(72)13-15-58-48(76)27(3)17-35(73)74)31(71)18-29(7-5-14-59-52(57)78)49(77)66-30-11-9-28(10-12-30)19-82-53(79)68(4)16-6-8-36(75)87-43-42-33(86-51(43)70-25-65-40-45(56)61-23-63-47(40)70)21-84-90(80,92)88-41-32(20-83-91(81,93)89-42)85-50(37(41)54)69-24-64-39-44(55)60-22-62-46(39)69/h9-12,22-27,29,32-33,37-38,41-43,50-51H,5-8,13-21H2,1-4H3,(H,58,76)(H,66,77)(H,67,72)(H,73,74)(H,80,92)(H,81,93)(H2,55,60,62)(H2,56,61,63)(H3,57,59,78)/t27?,29-,32-,33-,37-,38+,41-,42-,43-,50-,51-,90?,91?/m1/s1. The molecule has 0 bridgehead atoms. The monoisotopic (exact) mass is 1380 g/mol. The summed E-state index contributed by atoms with van der Waals surface area (Å²) in [5, 5.41) is 19.4. The minimum Gasteiger partial charge on any atom is -0.481 e. The summed E-state index contributed by atoms with van der Waals surface area (Å²) in [6.45, 7) is -5.65. The summed E-state index contributed by atoms with van der Waals surface area (Å²) in [5.74, 6) is -6.22. The Labute approximate surface area is 539 Å². The van der Waals surface area contributed by atoms with Gasteiger partial charge in [0.05, 0.1) is 38.3 Å². The number of Topliss-reactive ketones (excluding diaryl/α,β-unsaturated/α-hetero) is 1. The fourth-order valence-corrected chi connectivity index (χ4v) is 13.1. The molecule has 3 aliphatic heterocycles. The van der Waals surface area contributed by atoms with E-state index in [2.05, 4.69) is 51.2 Å². The van der Waals surface area contributed by atoms with E-state index in [0.29, 0.717) is 11.3 Å². The molecular formula is C53H71FN16O19P2S2. The number of alkyl halides is 1. The van der Waals surface area contributed by atoms with Crippen LogP contribution in [0.15, 0.2) is 49.6 Å². The van der Waals surface area contributed by atoms with Crippen molar-refractivity contribution in [3.8, 4) is 0 Å². The Morgan fingerprint density at radius 2 is 1.38 bits per heavy atom. The van der Waals surface area contributed by atoms with Crippen molar-refractivity contribution in [1.82, 2.24) is 59.9 Å². The molecular weight excluding hydrogens is 1310 g/mol. The van der Waals surface area contributed by atoms with Crippen LogP contribution >= 0.6 is 13.4 Å². The zero-order valence-corrected chi connectivity index (χ0v) is 53.9. The summed E-state index contributed by atoms with van der Waals surface area (Å²) < 4.78 is 66.4. The van der Waals surface area contributed by atoms with Gasteiger partial charge in [0.25, 0.3) is 0 Å². The molecule has 8 rings (SSSR count). The number of primary amides is 1. The zero-order chi connectivity index (χ0) is 67.5. The second-order valence-electron chi connectivity index (χ2n) is 22.3. The van der Waals surface area contributed by atoms with E-state index in [9.17, 15) is 48.1 Å². The maximum absolute atomic E-state index is 16.5. The van der Waals surface area contributed by atoms with Crippen LogP contribution in [0.1, 0.15) is 83.7 Å². The van der Waals surface area contributed by atoms with E-state index in [4.69, 9.17) is 83.0 Å². The molecule has 3 aliphatic rings. The third-order valence-corrected chi connectivity index (χ3v) is 18.1. The molecule has 40 heteroatoms. The molecule has 0 radical (unpaired) electrons. The zero-order valence-electron chi connectivity index (χ0n) is 50.5. The molecule has 1 aromatic carbocycles. The number of nitrogens with one attached hydrogen (secondary N) is 4. The molecule has 6 amide bonds. The predicted molar refractivity (Wildman–Crippen MR) is 330 cm³/mol. The second kappa shape index (κ2) is 31.5. The molecule has 13 atom stereocenters. The highest BCUT2D eigenvalue weighted by Crippen LogP contribution is 2.55. The Morgan fingerprint density at radius 1 is 0.785 bits per heavy atom. The number of urea groups is 1. The Bertz CT molecular complexity index is 3650. The van der Waals surface area contributed by atoms with E-state index in [1.165, 1.54) is 40.7 Å². The number of benzene rings is 1. The van der Waals surface area contributed by atoms with Gasteiger partial charge < -0.3 is 86.3 Å². The molecule has 3 fully saturated rings. The number of ketones is 1. The van der Waals surface area contributed by atoms with Crippen molar-refractivity contribution in [3.63, 3.8) is 0 Å². The maximum atomic E-state index is 16.5. The van der Waals surface area contributed by atoms with E-state index in [1.54, 1.807) is 38.1 Å². The number of ether oxygens (including phenoxy) is 4. The van der Waals surface area contributed by atoms with Gasteiger partial charge in [0.1, 0.15) is 54.7 Å². The van der Waals surface area contributed by atoms with Crippen molar-refractivity contribution in [2.75, 3.05) is 56.7 Å². The summed E-state index contributed by atoms with van der Waals surface area (Å²) in [5.41, 5.74) is 18.6. The Balaban J connectivity index is 0.859. The van der Waals surface area contributed by atoms with Crippen LogP contribution in [0.3, 0.4) is 0 Å².